The summed E-state index contributed by atoms with van der Waals surface area (Å²) in [5.74, 6) is 0.423. The van der Waals surface area contributed by atoms with Gasteiger partial charge in [0.2, 0.25) is 0 Å². The van der Waals surface area contributed by atoms with E-state index < -0.39 is 0 Å². The molecule has 1 aromatic rings. The SMILES string of the molecule is Cc1cc([Te])cc(C)c1O.Cl.Cl.Cl. The molecule has 0 bridgehead atoms. The normalized spacial score (nSPS) is 7.54. The Morgan fingerprint density at radius 3 is 1.62 bits per heavy atom. The number of halogens is 3. The molecule has 13 heavy (non-hydrogen) atoms. The van der Waals surface area contributed by atoms with Crippen LogP contribution in [0.2, 0.25) is 0 Å². The van der Waals surface area contributed by atoms with E-state index in [9.17, 15) is 5.11 Å². The summed E-state index contributed by atoms with van der Waals surface area (Å²) < 4.78 is 1.21. The fraction of sp³-hybridized carbons (Fsp3) is 0.250. The summed E-state index contributed by atoms with van der Waals surface area (Å²) in [6, 6.07) is 3.96. The molecule has 1 aromatic carbocycles. The minimum absolute atomic E-state index is 0. The van der Waals surface area contributed by atoms with Gasteiger partial charge in [-0.25, -0.2) is 0 Å². The molecule has 0 aliphatic carbocycles. The van der Waals surface area contributed by atoms with Crippen LogP contribution in [0.1, 0.15) is 11.1 Å². The number of phenolic OH excluding ortho intramolecular Hbond substituents is 1. The molecular weight excluding hydrogens is 346 g/mol. The maximum absolute atomic E-state index is 9.33. The first-order chi connectivity index (χ1) is 4.61. The molecule has 0 aliphatic rings. The summed E-state index contributed by atoms with van der Waals surface area (Å²) in [6.45, 7) is 3.83. The molecule has 1 rings (SSSR count). The third-order valence-corrected chi connectivity index (χ3v) is 2.14. The Morgan fingerprint density at radius 2 is 1.31 bits per heavy atom. The first-order valence-corrected chi connectivity index (χ1v) is 4.25. The molecule has 0 saturated heterocycles. The molecular formula is C8H12Cl3OTe. The molecule has 0 saturated carbocycles. The van der Waals surface area contributed by atoms with Crippen LogP contribution in [0.25, 0.3) is 0 Å². The Balaban J connectivity index is -0.000000333. The summed E-state index contributed by atoms with van der Waals surface area (Å²) in [6.07, 6.45) is 0. The molecule has 0 unspecified atom stereocenters. The summed E-state index contributed by atoms with van der Waals surface area (Å²) in [5, 5.41) is 9.33. The molecule has 0 fully saturated rings. The van der Waals surface area contributed by atoms with Crippen molar-refractivity contribution >= 4 is 63.1 Å². The number of benzene rings is 1. The van der Waals surface area contributed by atoms with E-state index >= 15 is 0 Å². The van der Waals surface area contributed by atoms with Crippen molar-refractivity contribution < 1.29 is 5.11 Å². The standard InChI is InChI=1S/C8H9OTe.3ClH/c1-5-3-7(10)4-6(2)8(5)9;;;/h3-4,9H,1-2H3;3*1H. The smallest absolute Gasteiger partial charge is 0.147 e. The van der Waals surface area contributed by atoms with Gasteiger partial charge in [0.05, 0.1) is 0 Å². The van der Waals surface area contributed by atoms with Gasteiger partial charge in [-0.2, -0.15) is 0 Å². The molecule has 1 radical (unpaired) electrons. The van der Waals surface area contributed by atoms with Crippen LogP contribution in [0.5, 0.6) is 5.75 Å². The Morgan fingerprint density at radius 1 is 1.00 bits per heavy atom. The Labute approximate surface area is 110 Å². The van der Waals surface area contributed by atoms with Crippen LogP contribution in [0, 0.1) is 13.8 Å². The molecule has 0 amide bonds. The van der Waals surface area contributed by atoms with Gasteiger partial charge in [-0.3, -0.25) is 0 Å². The van der Waals surface area contributed by atoms with Crippen molar-refractivity contribution in [3.63, 3.8) is 0 Å². The summed E-state index contributed by atoms with van der Waals surface area (Å²) >= 11 is 1.96. The monoisotopic (exact) mass is 359 g/mol. The number of hydrogen-bond acceptors (Lipinski definition) is 1. The summed E-state index contributed by atoms with van der Waals surface area (Å²) in [7, 11) is 0. The van der Waals surface area contributed by atoms with E-state index in [1.807, 2.05) is 48.3 Å². The molecule has 0 aliphatic heterocycles. The van der Waals surface area contributed by atoms with Gasteiger partial charge >= 0.3 is 73.9 Å². The van der Waals surface area contributed by atoms with Gasteiger partial charge in [0.1, 0.15) is 0 Å². The molecule has 0 aromatic heterocycles. The van der Waals surface area contributed by atoms with Crippen molar-refractivity contribution in [3.05, 3.63) is 23.3 Å². The molecule has 0 spiro atoms. The molecule has 0 heterocycles. The van der Waals surface area contributed by atoms with Gasteiger partial charge in [-0.05, 0) is 0 Å². The summed E-state index contributed by atoms with van der Waals surface area (Å²) in [4.78, 5) is 0. The number of rotatable bonds is 0. The maximum atomic E-state index is 9.33. The van der Waals surface area contributed by atoms with Gasteiger partial charge in [-0.1, -0.05) is 0 Å². The minimum Gasteiger partial charge on any atom is -0.147 e. The van der Waals surface area contributed by atoms with Crippen LogP contribution in [-0.2, 0) is 0 Å². The van der Waals surface area contributed by atoms with Crippen LogP contribution in [0.15, 0.2) is 12.1 Å². The second-order valence-corrected chi connectivity index (χ2v) is 3.75. The average molecular weight is 358 g/mol. The fourth-order valence-corrected chi connectivity index (χ4v) is 1.93. The second kappa shape index (κ2) is 8.03. The van der Waals surface area contributed by atoms with E-state index in [1.54, 1.807) is 0 Å². The van der Waals surface area contributed by atoms with Crippen molar-refractivity contribution in [2.45, 2.75) is 13.8 Å². The zero-order valence-electron chi connectivity index (χ0n) is 7.23. The molecule has 1 nitrogen and oxygen atoms in total. The first kappa shape index (κ1) is 19.3. The predicted octanol–water partition coefficient (Wildman–Crippen LogP) is 2.07. The van der Waals surface area contributed by atoms with Crippen LogP contribution >= 0.6 is 37.2 Å². The van der Waals surface area contributed by atoms with E-state index in [4.69, 9.17) is 0 Å². The third kappa shape index (κ3) is 5.20. The number of hydrogen-bond donors (Lipinski definition) is 1. The quantitative estimate of drug-likeness (QED) is 0.705. The minimum atomic E-state index is 0. The molecule has 1 N–H and O–H groups in total. The third-order valence-electron chi connectivity index (χ3n) is 1.46. The Bertz CT molecular complexity index is 243. The molecule has 5 heteroatoms. The van der Waals surface area contributed by atoms with E-state index in [1.165, 1.54) is 3.61 Å². The largest absolute Gasteiger partial charge is 0.147 e. The molecule has 77 valence electrons. The average Bonchev–Trinajstić information content (AvgIpc) is 1.82. The van der Waals surface area contributed by atoms with Gasteiger partial charge in [0.25, 0.3) is 0 Å². The number of phenols is 1. The van der Waals surface area contributed by atoms with E-state index in [0.29, 0.717) is 5.75 Å². The van der Waals surface area contributed by atoms with Crippen molar-refractivity contribution in [1.82, 2.24) is 0 Å². The second-order valence-electron chi connectivity index (χ2n) is 2.41. The van der Waals surface area contributed by atoms with Crippen LogP contribution in [0.4, 0.5) is 0 Å². The van der Waals surface area contributed by atoms with Crippen LogP contribution in [-0.4, -0.2) is 27.4 Å². The van der Waals surface area contributed by atoms with E-state index in [0.717, 1.165) is 11.1 Å². The van der Waals surface area contributed by atoms with Crippen molar-refractivity contribution in [2.24, 2.45) is 0 Å². The topological polar surface area (TPSA) is 20.2 Å². The van der Waals surface area contributed by atoms with Crippen molar-refractivity contribution in [2.75, 3.05) is 0 Å². The Kier molecular flexibility index (Phi) is 11.9. The van der Waals surface area contributed by atoms with Crippen molar-refractivity contribution in [1.29, 1.82) is 0 Å². The molecule has 0 atom stereocenters. The van der Waals surface area contributed by atoms with Crippen molar-refractivity contribution in [3.8, 4) is 5.75 Å². The van der Waals surface area contributed by atoms with Gasteiger partial charge in [0, 0.05) is 0 Å². The van der Waals surface area contributed by atoms with Crippen LogP contribution in [0.3, 0.4) is 0 Å². The zero-order chi connectivity index (χ0) is 7.72. The predicted molar refractivity (Wildman–Crippen MR) is 64.7 cm³/mol. The van der Waals surface area contributed by atoms with Gasteiger partial charge in [0.15, 0.2) is 0 Å². The summed E-state index contributed by atoms with van der Waals surface area (Å²) in [5.41, 5.74) is 1.92. The number of aromatic hydroxyl groups is 1. The van der Waals surface area contributed by atoms with Crippen LogP contribution < -0.4 is 3.61 Å². The fourth-order valence-electron chi connectivity index (χ4n) is 0.916. The van der Waals surface area contributed by atoms with Gasteiger partial charge < -0.3 is 0 Å². The van der Waals surface area contributed by atoms with E-state index in [-0.39, 0.29) is 37.2 Å². The number of aryl methyl sites for hydroxylation is 2. The van der Waals surface area contributed by atoms with Gasteiger partial charge in [-0.15, -0.1) is 37.2 Å². The first-order valence-electron chi connectivity index (χ1n) is 3.08. The zero-order valence-corrected chi connectivity index (χ0v) is 12.0. The van der Waals surface area contributed by atoms with E-state index in [2.05, 4.69) is 0 Å². The Hall–Kier alpha value is 0.680. The maximum Gasteiger partial charge on any atom is -0.147 e.